The quantitative estimate of drug-likeness (QED) is 0.757. The third kappa shape index (κ3) is 2.47. The number of aliphatic hydroxyl groups is 1. The van der Waals surface area contributed by atoms with Crippen molar-refractivity contribution in [3.8, 4) is 0 Å². The third-order valence-corrected chi connectivity index (χ3v) is 4.08. The summed E-state index contributed by atoms with van der Waals surface area (Å²) in [5.74, 6) is 0. The van der Waals surface area contributed by atoms with Crippen molar-refractivity contribution in [1.29, 1.82) is 0 Å². The van der Waals surface area contributed by atoms with Crippen LogP contribution in [-0.4, -0.2) is 10.1 Å². The predicted octanol–water partition coefficient (Wildman–Crippen LogP) is 4.39. The SMILES string of the molecule is Cc1ccc(C(O)c2ccc3ncccc3c2)c(Br)c1. The summed E-state index contributed by atoms with van der Waals surface area (Å²) in [6, 6.07) is 15.7. The van der Waals surface area contributed by atoms with E-state index in [1.165, 1.54) is 0 Å². The van der Waals surface area contributed by atoms with E-state index in [1.807, 2.05) is 55.5 Å². The Morgan fingerprint density at radius 1 is 1.10 bits per heavy atom. The molecule has 20 heavy (non-hydrogen) atoms. The van der Waals surface area contributed by atoms with Crippen LogP contribution in [0.4, 0.5) is 0 Å². The molecule has 1 heterocycles. The van der Waals surface area contributed by atoms with Crippen molar-refractivity contribution in [1.82, 2.24) is 4.98 Å². The molecule has 0 saturated carbocycles. The molecule has 0 fully saturated rings. The van der Waals surface area contributed by atoms with Gasteiger partial charge in [-0.15, -0.1) is 0 Å². The monoisotopic (exact) mass is 327 g/mol. The van der Waals surface area contributed by atoms with E-state index in [9.17, 15) is 5.11 Å². The minimum atomic E-state index is -0.644. The standard InChI is InChI=1S/C17H14BrNO/c1-11-4-6-14(15(18)9-11)17(20)13-5-7-16-12(10-13)3-2-8-19-16/h2-10,17,20H,1H3. The highest BCUT2D eigenvalue weighted by Crippen LogP contribution is 2.30. The maximum atomic E-state index is 10.6. The molecule has 1 N–H and O–H groups in total. The number of hydrogen-bond donors (Lipinski definition) is 1. The van der Waals surface area contributed by atoms with Crippen LogP contribution in [0.2, 0.25) is 0 Å². The Balaban J connectivity index is 2.05. The molecule has 1 unspecified atom stereocenters. The van der Waals surface area contributed by atoms with Crippen LogP contribution >= 0.6 is 15.9 Å². The fraction of sp³-hybridized carbons (Fsp3) is 0.118. The van der Waals surface area contributed by atoms with Crippen molar-refractivity contribution in [2.75, 3.05) is 0 Å². The summed E-state index contributed by atoms with van der Waals surface area (Å²) in [6.45, 7) is 2.03. The lowest BCUT2D eigenvalue weighted by atomic mass is 9.99. The molecule has 2 aromatic carbocycles. The Morgan fingerprint density at radius 3 is 2.75 bits per heavy atom. The Labute approximate surface area is 126 Å². The minimum absolute atomic E-state index is 0.644. The van der Waals surface area contributed by atoms with E-state index in [0.29, 0.717) is 0 Å². The summed E-state index contributed by atoms with van der Waals surface area (Å²) in [7, 11) is 0. The second-order valence-corrected chi connectivity index (χ2v) is 5.74. The normalized spacial score (nSPS) is 12.6. The fourth-order valence-corrected chi connectivity index (χ4v) is 3.01. The maximum absolute atomic E-state index is 10.6. The first-order valence-electron chi connectivity index (χ1n) is 6.44. The van der Waals surface area contributed by atoms with Gasteiger partial charge in [0, 0.05) is 16.1 Å². The van der Waals surface area contributed by atoms with Gasteiger partial charge in [-0.25, -0.2) is 0 Å². The molecule has 0 amide bonds. The van der Waals surface area contributed by atoms with Gasteiger partial charge in [-0.1, -0.05) is 40.2 Å². The number of aliphatic hydroxyl groups excluding tert-OH is 1. The van der Waals surface area contributed by atoms with Gasteiger partial charge in [-0.05, 0) is 47.9 Å². The molecular weight excluding hydrogens is 314 g/mol. The Kier molecular flexibility index (Phi) is 3.55. The molecule has 3 aromatic rings. The van der Waals surface area contributed by atoms with Gasteiger partial charge >= 0.3 is 0 Å². The number of hydrogen-bond acceptors (Lipinski definition) is 2. The first-order valence-corrected chi connectivity index (χ1v) is 7.23. The first kappa shape index (κ1) is 13.3. The van der Waals surface area contributed by atoms with Gasteiger partial charge in [0.05, 0.1) is 5.52 Å². The van der Waals surface area contributed by atoms with Crippen LogP contribution in [0.3, 0.4) is 0 Å². The topological polar surface area (TPSA) is 33.1 Å². The zero-order chi connectivity index (χ0) is 14.1. The van der Waals surface area contributed by atoms with Crippen molar-refractivity contribution < 1.29 is 5.11 Å². The molecule has 1 atom stereocenters. The number of aromatic nitrogens is 1. The molecule has 0 aliphatic heterocycles. The van der Waals surface area contributed by atoms with Crippen molar-refractivity contribution in [3.63, 3.8) is 0 Å². The zero-order valence-electron chi connectivity index (χ0n) is 11.0. The van der Waals surface area contributed by atoms with Gasteiger partial charge in [-0.3, -0.25) is 4.98 Å². The van der Waals surface area contributed by atoms with Gasteiger partial charge < -0.3 is 5.11 Å². The van der Waals surface area contributed by atoms with E-state index in [4.69, 9.17) is 0 Å². The first-order chi connectivity index (χ1) is 9.65. The Morgan fingerprint density at radius 2 is 1.95 bits per heavy atom. The molecule has 2 nitrogen and oxygen atoms in total. The van der Waals surface area contributed by atoms with Gasteiger partial charge in [-0.2, -0.15) is 0 Å². The van der Waals surface area contributed by atoms with Gasteiger partial charge in [0.1, 0.15) is 6.10 Å². The van der Waals surface area contributed by atoms with Crippen LogP contribution in [0.5, 0.6) is 0 Å². The van der Waals surface area contributed by atoms with E-state index in [-0.39, 0.29) is 0 Å². The second-order valence-electron chi connectivity index (χ2n) is 4.88. The van der Waals surface area contributed by atoms with Crippen LogP contribution in [0, 0.1) is 6.92 Å². The fourth-order valence-electron chi connectivity index (χ4n) is 2.30. The summed E-state index contributed by atoms with van der Waals surface area (Å²) in [4.78, 5) is 4.29. The van der Waals surface area contributed by atoms with Crippen molar-refractivity contribution in [2.24, 2.45) is 0 Å². The lowest BCUT2D eigenvalue weighted by Crippen LogP contribution is -2.01. The summed E-state index contributed by atoms with van der Waals surface area (Å²) < 4.78 is 0.927. The van der Waals surface area contributed by atoms with Gasteiger partial charge in [0.25, 0.3) is 0 Å². The summed E-state index contributed by atoms with van der Waals surface area (Å²) >= 11 is 3.52. The molecule has 0 bridgehead atoms. The second kappa shape index (κ2) is 5.35. The summed E-state index contributed by atoms with van der Waals surface area (Å²) in [5, 5.41) is 11.6. The van der Waals surface area contributed by atoms with Crippen LogP contribution in [-0.2, 0) is 0 Å². The lowest BCUT2D eigenvalue weighted by molar-refractivity contribution is 0.219. The smallest absolute Gasteiger partial charge is 0.105 e. The number of pyridine rings is 1. The summed E-state index contributed by atoms with van der Waals surface area (Å²) in [6.07, 6.45) is 1.13. The molecule has 0 aliphatic carbocycles. The van der Waals surface area contributed by atoms with Crippen molar-refractivity contribution in [2.45, 2.75) is 13.0 Å². The molecule has 0 aliphatic rings. The van der Waals surface area contributed by atoms with Gasteiger partial charge in [0.2, 0.25) is 0 Å². The number of halogens is 1. The van der Waals surface area contributed by atoms with Crippen molar-refractivity contribution in [3.05, 3.63) is 75.9 Å². The Hall–Kier alpha value is -1.71. The van der Waals surface area contributed by atoms with Crippen LogP contribution in [0.15, 0.2) is 59.2 Å². The average Bonchev–Trinajstić information content (AvgIpc) is 2.46. The van der Waals surface area contributed by atoms with E-state index >= 15 is 0 Å². The summed E-state index contributed by atoms with van der Waals surface area (Å²) in [5.41, 5.74) is 3.84. The van der Waals surface area contributed by atoms with E-state index < -0.39 is 6.10 Å². The minimum Gasteiger partial charge on any atom is -0.384 e. The largest absolute Gasteiger partial charge is 0.384 e. The maximum Gasteiger partial charge on any atom is 0.105 e. The van der Waals surface area contributed by atoms with E-state index in [1.54, 1.807) is 6.20 Å². The number of benzene rings is 2. The van der Waals surface area contributed by atoms with Crippen molar-refractivity contribution >= 4 is 26.8 Å². The number of rotatable bonds is 2. The molecule has 0 radical (unpaired) electrons. The van der Waals surface area contributed by atoms with Gasteiger partial charge in [0.15, 0.2) is 0 Å². The molecule has 0 spiro atoms. The molecule has 100 valence electrons. The molecule has 3 rings (SSSR count). The van der Waals surface area contributed by atoms with Crippen LogP contribution < -0.4 is 0 Å². The number of fused-ring (bicyclic) bond motifs is 1. The highest BCUT2D eigenvalue weighted by molar-refractivity contribution is 9.10. The van der Waals surface area contributed by atoms with E-state index in [2.05, 4.69) is 20.9 Å². The molecular formula is C17H14BrNO. The molecule has 1 aromatic heterocycles. The van der Waals surface area contributed by atoms with E-state index in [0.717, 1.165) is 32.1 Å². The highest BCUT2D eigenvalue weighted by Gasteiger charge is 2.14. The average molecular weight is 328 g/mol. The molecule has 0 saturated heterocycles. The lowest BCUT2D eigenvalue weighted by Gasteiger charge is -2.14. The van der Waals surface area contributed by atoms with Crippen LogP contribution in [0.25, 0.3) is 10.9 Å². The third-order valence-electron chi connectivity index (χ3n) is 3.39. The number of aryl methyl sites for hydroxylation is 1. The highest BCUT2D eigenvalue weighted by atomic mass is 79.9. The zero-order valence-corrected chi connectivity index (χ0v) is 12.6. The molecule has 3 heteroatoms. The predicted molar refractivity (Wildman–Crippen MR) is 84.7 cm³/mol. The Bertz CT molecular complexity index is 770. The van der Waals surface area contributed by atoms with Crippen LogP contribution in [0.1, 0.15) is 22.8 Å². The number of nitrogens with zero attached hydrogens (tertiary/aromatic N) is 1.